The lowest BCUT2D eigenvalue weighted by Gasteiger charge is -2.56. The highest BCUT2D eigenvalue weighted by atomic mass is 14.9. The topological polar surface area (TPSA) is 24.9 Å². The molecule has 4 fully saturated rings. The SMILES string of the molecule is CCNC(Cc1ccccn1)C1C2CC3CC(C2)CC1C3. The van der Waals surface area contributed by atoms with E-state index in [4.69, 9.17) is 0 Å². The van der Waals surface area contributed by atoms with Crippen molar-refractivity contribution < 1.29 is 0 Å². The molecule has 0 amide bonds. The molecule has 4 saturated carbocycles. The van der Waals surface area contributed by atoms with Crippen molar-refractivity contribution in [2.75, 3.05) is 6.54 Å². The van der Waals surface area contributed by atoms with Crippen molar-refractivity contribution in [2.24, 2.45) is 29.6 Å². The molecular weight excluding hydrogens is 256 g/mol. The first-order valence-corrected chi connectivity index (χ1v) is 8.96. The maximum atomic E-state index is 4.57. The van der Waals surface area contributed by atoms with Crippen LogP contribution in [0.3, 0.4) is 0 Å². The second-order valence-electron chi connectivity index (χ2n) is 7.70. The summed E-state index contributed by atoms with van der Waals surface area (Å²) in [6.45, 7) is 3.34. The van der Waals surface area contributed by atoms with Gasteiger partial charge in [0, 0.05) is 24.4 Å². The van der Waals surface area contributed by atoms with Crippen molar-refractivity contribution in [3.05, 3.63) is 30.1 Å². The van der Waals surface area contributed by atoms with Crippen molar-refractivity contribution in [1.29, 1.82) is 0 Å². The lowest BCUT2D eigenvalue weighted by molar-refractivity contribution is -0.0516. The van der Waals surface area contributed by atoms with Gasteiger partial charge in [0.2, 0.25) is 0 Å². The van der Waals surface area contributed by atoms with E-state index in [-0.39, 0.29) is 0 Å². The summed E-state index contributed by atoms with van der Waals surface area (Å²) in [5, 5.41) is 3.82. The molecule has 21 heavy (non-hydrogen) atoms. The minimum atomic E-state index is 0.639. The van der Waals surface area contributed by atoms with Crippen LogP contribution in [0.15, 0.2) is 24.4 Å². The number of rotatable bonds is 5. The van der Waals surface area contributed by atoms with Crippen molar-refractivity contribution in [1.82, 2.24) is 10.3 Å². The van der Waals surface area contributed by atoms with Crippen molar-refractivity contribution in [2.45, 2.75) is 51.5 Å². The van der Waals surface area contributed by atoms with Crippen LogP contribution in [-0.2, 0) is 6.42 Å². The molecule has 1 atom stereocenters. The fraction of sp³-hybridized carbons (Fsp3) is 0.737. The average Bonchev–Trinajstić information content (AvgIpc) is 2.47. The molecule has 0 aliphatic heterocycles. The smallest absolute Gasteiger partial charge is 0.0419 e. The Morgan fingerprint density at radius 3 is 2.38 bits per heavy atom. The van der Waals surface area contributed by atoms with Crippen molar-refractivity contribution in [3.8, 4) is 0 Å². The number of pyridine rings is 1. The minimum Gasteiger partial charge on any atom is -0.314 e. The second kappa shape index (κ2) is 5.72. The molecule has 1 heterocycles. The quantitative estimate of drug-likeness (QED) is 0.892. The van der Waals surface area contributed by atoms with Gasteiger partial charge in [-0.05, 0) is 80.4 Å². The zero-order valence-corrected chi connectivity index (χ0v) is 13.2. The van der Waals surface area contributed by atoms with Crippen LogP contribution in [0.5, 0.6) is 0 Å². The van der Waals surface area contributed by atoms with Crippen molar-refractivity contribution in [3.63, 3.8) is 0 Å². The second-order valence-corrected chi connectivity index (χ2v) is 7.70. The molecular formula is C19H28N2. The largest absolute Gasteiger partial charge is 0.314 e. The summed E-state index contributed by atoms with van der Waals surface area (Å²) in [6.07, 6.45) is 10.7. The highest BCUT2D eigenvalue weighted by molar-refractivity contribution is 5.09. The van der Waals surface area contributed by atoms with Crippen LogP contribution in [0.25, 0.3) is 0 Å². The minimum absolute atomic E-state index is 0.639. The zero-order chi connectivity index (χ0) is 14.2. The van der Waals surface area contributed by atoms with Gasteiger partial charge in [-0.25, -0.2) is 0 Å². The number of hydrogen-bond donors (Lipinski definition) is 1. The first-order chi connectivity index (χ1) is 10.3. The molecule has 2 heteroatoms. The van der Waals surface area contributed by atoms with E-state index in [0.717, 1.165) is 42.6 Å². The highest BCUT2D eigenvalue weighted by Crippen LogP contribution is 2.57. The van der Waals surface area contributed by atoms with E-state index in [1.165, 1.54) is 31.4 Å². The van der Waals surface area contributed by atoms with Gasteiger partial charge < -0.3 is 5.32 Å². The van der Waals surface area contributed by atoms with Gasteiger partial charge in [0.15, 0.2) is 0 Å². The van der Waals surface area contributed by atoms with E-state index < -0.39 is 0 Å². The fourth-order valence-corrected chi connectivity index (χ4v) is 5.98. The van der Waals surface area contributed by atoms with Crippen molar-refractivity contribution >= 4 is 0 Å². The normalized spacial score (nSPS) is 38.6. The van der Waals surface area contributed by atoms with Crippen LogP contribution in [0.1, 0.15) is 44.7 Å². The Morgan fingerprint density at radius 2 is 1.81 bits per heavy atom. The highest BCUT2D eigenvalue weighted by Gasteiger charge is 2.50. The molecule has 5 rings (SSSR count). The standard InChI is InChI=1S/C19H28N2/c1-2-20-18(12-17-5-3-4-6-21-17)19-15-8-13-7-14(10-15)11-16(19)9-13/h3-6,13-16,18-20H,2,7-12H2,1H3. The summed E-state index contributed by atoms with van der Waals surface area (Å²) in [5.41, 5.74) is 1.26. The third kappa shape index (κ3) is 2.63. The van der Waals surface area contributed by atoms with Crippen LogP contribution in [-0.4, -0.2) is 17.6 Å². The number of nitrogens with zero attached hydrogens (tertiary/aromatic N) is 1. The Kier molecular flexibility index (Phi) is 3.74. The van der Waals surface area contributed by atoms with E-state index in [2.05, 4.69) is 29.4 Å². The number of aromatic nitrogens is 1. The van der Waals surface area contributed by atoms with E-state index in [9.17, 15) is 0 Å². The van der Waals surface area contributed by atoms with Gasteiger partial charge in [-0.15, -0.1) is 0 Å². The lowest BCUT2D eigenvalue weighted by atomic mass is 9.50. The molecule has 2 nitrogen and oxygen atoms in total. The fourth-order valence-electron chi connectivity index (χ4n) is 5.98. The van der Waals surface area contributed by atoms with Gasteiger partial charge in [0.05, 0.1) is 0 Å². The summed E-state index contributed by atoms with van der Waals surface area (Å²) < 4.78 is 0. The third-order valence-electron chi connectivity index (χ3n) is 6.39. The molecule has 4 aliphatic carbocycles. The Labute approximate surface area is 128 Å². The Balaban J connectivity index is 1.53. The number of hydrogen-bond acceptors (Lipinski definition) is 2. The van der Waals surface area contributed by atoms with Crippen LogP contribution in [0, 0.1) is 29.6 Å². The Morgan fingerprint density at radius 1 is 1.10 bits per heavy atom. The first-order valence-electron chi connectivity index (χ1n) is 8.96. The Bertz CT molecular complexity index is 442. The molecule has 0 spiro atoms. The van der Waals surface area contributed by atoms with Gasteiger partial charge in [0.1, 0.15) is 0 Å². The Hall–Kier alpha value is -0.890. The van der Waals surface area contributed by atoms with Crippen LogP contribution >= 0.6 is 0 Å². The van der Waals surface area contributed by atoms with E-state index >= 15 is 0 Å². The molecule has 4 bridgehead atoms. The molecule has 0 aromatic carbocycles. The van der Waals surface area contributed by atoms with Gasteiger partial charge in [-0.3, -0.25) is 4.98 Å². The number of nitrogens with one attached hydrogen (secondary N) is 1. The summed E-state index contributed by atoms with van der Waals surface area (Å²) in [5.74, 6) is 5.03. The third-order valence-corrected chi connectivity index (χ3v) is 6.39. The lowest BCUT2D eigenvalue weighted by Crippen LogP contribution is -2.53. The van der Waals surface area contributed by atoms with E-state index in [1.807, 2.05) is 12.3 Å². The summed E-state index contributed by atoms with van der Waals surface area (Å²) in [4.78, 5) is 4.57. The number of likely N-dealkylation sites (N-methyl/N-ethyl adjacent to an activating group) is 1. The van der Waals surface area contributed by atoms with Crippen LogP contribution in [0.2, 0.25) is 0 Å². The molecule has 1 aromatic rings. The summed E-state index contributed by atoms with van der Waals surface area (Å²) in [7, 11) is 0. The molecule has 4 aliphatic rings. The molecule has 1 aromatic heterocycles. The molecule has 1 unspecified atom stereocenters. The predicted molar refractivity (Wildman–Crippen MR) is 85.9 cm³/mol. The molecule has 0 radical (unpaired) electrons. The predicted octanol–water partition coefficient (Wildman–Crippen LogP) is 3.67. The van der Waals surface area contributed by atoms with E-state index in [0.29, 0.717) is 6.04 Å². The molecule has 1 N–H and O–H groups in total. The first kappa shape index (κ1) is 13.8. The summed E-state index contributed by atoms with van der Waals surface area (Å²) in [6, 6.07) is 6.98. The maximum Gasteiger partial charge on any atom is 0.0419 e. The van der Waals surface area contributed by atoms with Crippen LogP contribution in [0.4, 0.5) is 0 Å². The molecule has 114 valence electrons. The van der Waals surface area contributed by atoms with Gasteiger partial charge in [-0.2, -0.15) is 0 Å². The van der Waals surface area contributed by atoms with Gasteiger partial charge in [0.25, 0.3) is 0 Å². The summed E-state index contributed by atoms with van der Waals surface area (Å²) >= 11 is 0. The van der Waals surface area contributed by atoms with Gasteiger partial charge >= 0.3 is 0 Å². The van der Waals surface area contributed by atoms with Gasteiger partial charge in [-0.1, -0.05) is 13.0 Å². The molecule has 0 saturated heterocycles. The zero-order valence-electron chi connectivity index (χ0n) is 13.2. The monoisotopic (exact) mass is 284 g/mol. The van der Waals surface area contributed by atoms with E-state index in [1.54, 1.807) is 6.42 Å². The maximum absolute atomic E-state index is 4.57. The van der Waals surface area contributed by atoms with Crippen LogP contribution < -0.4 is 5.32 Å². The average molecular weight is 284 g/mol.